The minimum Gasteiger partial charge on any atom is -0.410 e. The summed E-state index contributed by atoms with van der Waals surface area (Å²) in [4.78, 5) is 17.0. The first kappa shape index (κ1) is 10.5. The van der Waals surface area contributed by atoms with Crippen LogP contribution in [0.25, 0.3) is 5.65 Å². The van der Waals surface area contributed by atoms with Crippen LogP contribution in [0.15, 0.2) is 24.5 Å². The van der Waals surface area contributed by atoms with E-state index in [-0.39, 0.29) is 0 Å². The van der Waals surface area contributed by atoms with Crippen LogP contribution in [-0.4, -0.2) is 34.5 Å². The van der Waals surface area contributed by atoms with Gasteiger partial charge in [0.25, 0.3) is 0 Å². The largest absolute Gasteiger partial charge is 0.414 e. The van der Waals surface area contributed by atoms with Crippen LogP contribution >= 0.6 is 0 Å². The van der Waals surface area contributed by atoms with Gasteiger partial charge in [0, 0.05) is 32.6 Å². The van der Waals surface area contributed by atoms with E-state index < -0.39 is 6.09 Å². The molecule has 0 atom stereocenters. The van der Waals surface area contributed by atoms with Gasteiger partial charge in [0.15, 0.2) is 0 Å². The summed E-state index contributed by atoms with van der Waals surface area (Å²) in [6.45, 7) is 1.92. The van der Waals surface area contributed by atoms with Gasteiger partial charge in [0.2, 0.25) is 0 Å². The summed E-state index contributed by atoms with van der Waals surface area (Å²) in [5.74, 6) is 0.497. The topological polar surface area (TPSA) is 46.8 Å². The van der Waals surface area contributed by atoms with Crippen LogP contribution in [-0.2, 0) is 0 Å². The zero-order chi connectivity index (χ0) is 11.7. The van der Waals surface area contributed by atoms with Crippen LogP contribution in [0.5, 0.6) is 5.75 Å². The smallest absolute Gasteiger partial charge is 0.410 e. The van der Waals surface area contributed by atoms with Crippen molar-refractivity contribution in [3.8, 4) is 5.75 Å². The highest BCUT2D eigenvalue weighted by Crippen LogP contribution is 2.15. The molecule has 0 radical (unpaired) electrons. The lowest BCUT2D eigenvalue weighted by Crippen LogP contribution is -2.25. The molecule has 2 heterocycles. The molecule has 5 heteroatoms. The second-order valence-electron chi connectivity index (χ2n) is 3.77. The molecule has 0 saturated carbocycles. The maximum atomic E-state index is 11.3. The molecule has 0 aromatic carbocycles. The molecule has 0 aliphatic carbocycles. The Hall–Kier alpha value is -2.04. The first-order valence-electron chi connectivity index (χ1n) is 4.91. The highest BCUT2D eigenvalue weighted by Gasteiger charge is 2.07. The number of carbonyl (C=O) groups is 1. The van der Waals surface area contributed by atoms with Crippen molar-refractivity contribution in [2.24, 2.45) is 0 Å². The van der Waals surface area contributed by atoms with E-state index in [1.54, 1.807) is 26.2 Å². The fourth-order valence-corrected chi connectivity index (χ4v) is 1.35. The molecule has 0 unspecified atom stereocenters. The third-order valence-electron chi connectivity index (χ3n) is 2.12. The number of hydrogen-bond acceptors (Lipinski definition) is 3. The molecule has 5 nitrogen and oxygen atoms in total. The first-order valence-corrected chi connectivity index (χ1v) is 4.91. The lowest BCUT2D eigenvalue weighted by molar-refractivity contribution is 0.172. The molecule has 0 fully saturated rings. The summed E-state index contributed by atoms with van der Waals surface area (Å²) in [5, 5.41) is 0. The van der Waals surface area contributed by atoms with E-state index in [9.17, 15) is 4.79 Å². The van der Waals surface area contributed by atoms with Gasteiger partial charge >= 0.3 is 6.09 Å². The number of imidazole rings is 1. The van der Waals surface area contributed by atoms with Gasteiger partial charge in [-0.25, -0.2) is 9.78 Å². The number of nitrogens with zero attached hydrogens (tertiary/aromatic N) is 3. The standard InChI is InChI=1S/C11H13N3O2/c1-8-7-14-5-4-9(6-10(14)12-8)16-11(15)13(2)3/h4-7H,1-3H3. The van der Waals surface area contributed by atoms with Crippen LogP contribution < -0.4 is 4.74 Å². The number of amides is 1. The van der Waals surface area contributed by atoms with Crippen molar-refractivity contribution in [1.82, 2.24) is 14.3 Å². The van der Waals surface area contributed by atoms with Gasteiger partial charge in [-0.1, -0.05) is 0 Å². The molecule has 0 spiro atoms. The molecule has 0 aliphatic rings. The summed E-state index contributed by atoms with van der Waals surface area (Å²) in [6, 6.07) is 3.46. The number of fused-ring (bicyclic) bond motifs is 1. The third kappa shape index (κ3) is 1.98. The van der Waals surface area contributed by atoms with Crippen molar-refractivity contribution in [2.75, 3.05) is 14.1 Å². The Morgan fingerprint density at radius 3 is 2.94 bits per heavy atom. The predicted molar refractivity (Wildman–Crippen MR) is 59.6 cm³/mol. The molecule has 16 heavy (non-hydrogen) atoms. The van der Waals surface area contributed by atoms with Crippen molar-refractivity contribution in [1.29, 1.82) is 0 Å². The van der Waals surface area contributed by atoms with Crippen molar-refractivity contribution >= 4 is 11.7 Å². The summed E-state index contributed by atoms with van der Waals surface area (Å²) < 4.78 is 7.00. The van der Waals surface area contributed by atoms with E-state index in [1.807, 2.05) is 23.7 Å². The molecular formula is C11H13N3O2. The van der Waals surface area contributed by atoms with Gasteiger partial charge in [-0.2, -0.15) is 0 Å². The van der Waals surface area contributed by atoms with Gasteiger partial charge < -0.3 is 14.0 Å². The Morgan fingerprint density at radius 2 is 2.25 bits per heavy atom. The van der Waals surface area contributed by atoms with Crippen molar-refractivity contribution < 1.29 is 9.53 Å². The summed E-state index contributed by atoms with van der Waals surface area (Å²) in [7, 11) is 3.28. The van der Waals surface area contributed by atoms with Crippen molar-refractivity contribution in [3.05, 3.63) is 30.2 Å². The Bertz CT molecular complexity index is 531. The van der Waals surface area contributed by atoms with E-state index in [4.69, 9.17) is 4.74 Å². The summed E-state index contributed by atoms with van der Waals surface area (Å²) >= 11 is 0. The number of pyridine rings is 1. The van der Waals surface area contributed by atoms with Gasteiger partial charge in [0.1, 0.15) is 11.4 Å². The third-order valence-corrected chi connectivity index (χ3v) is 2.12. The molecule has 2 rings (SSSR count). The Morgan fingerprint density at radius 1 is 1.50 bits per heavy atom. The van der Waals surface area contributed by atoms with Crippen LogP contribution in [0.1, 0.15) is 5.69 Å². The maximum Gasteiger partial charge on any atom is 0.414 e. The van der Waals surface area contributed by atoms with Gasteiger partial charge in [-0.15, -0.1) is 0 Å². The highest BCUT2D eigenvalue weighted by molar-refractivity contribution is 5.70. The number of carbonyl (C=O) groups excluding carboxylic acids is 1. The lowest BCUT2D eigenvalue weighted by atomic mass is 10.4. The molecule has 2 aromatic heterocycles. The zero-order valence-corrected chi connectivity index (χ0v) is 9.47. The van der Waals surface area contributed by atoms with Crippen LogP contribution in [0, 0.1) is 6.92 Å². The quantitative estimate of drug-likeness (QED) is 0.733. The highest BCUT2D eigenvalue weighted by atomic mass is 16.6. The van der Waals surface area contributed by atoms with Crippen LogP contribution in [0.3, 0.4) is 0 Å². The van der Waals surface area contributed by atoms with Gasteiger partial charge in [0.05, 0.1) is 5.69 Å². The molecule has 84 valence electrons. The number of hydrogen-bond donors (Lipinski definition) is 0. The first-order chi connectivity index (χ1) is 7.56. The summed E-state index contributed by atoms with van der Waals surface area (Å²) in [5.41, 5.74) is 1.69. The Balaban J connectivity index is 2.29. The van der Waals surface area contributed by atoms with E-state index in [2.05, 4.69) is 4.98 Å². The van der Waals surface area contributed by atoms with Crippen LogP contribution in [0.4, 0.5) is 4.79 Å². The van der Waals surface area contributed by atoms with Crippen molar-refractivity contribution in [3.63, 3.8) is 0 Å². The SMILES string of the molecule is Cc1cn2ccc(OC(=O)N(C)C)cc2n1. The van der Waals surface area contributed by atoms with E-state index in [0.29, 0.717) is 5.75 Å². The molecule has 0 saturated heterocycles. The Kier molecular flexibility index (Phi) is 2.52. The average molecular weight is 219 g/mol. The van der Waals surface area contributed by atoms with Gasteiger partial charge in [-0.05, 0) is 13.0 Å². The fraction of sp³-hybridized carbons (Fsp3) is 0.273. The minimum atomic E-state index is -0.396. The zero-order valence-electron chi connectivity index (χ0n) is 9.47. The molecule has 0 aliphatic heterocycles. The van der Waals surface area contributed by atoms with E-state index >= 15 is 0 Å². The predicted octanol–water partition coefficient (Wildman–Crippen LogP) is 1.70. The molecule has 0 bridgehead atoms. The molecule has 0 N–H and O–H groups in total. The molecule has 1 amide bonds. The fourth-order valence-electron chi connectivity index (χ4n) is 1.35. The number of aryl methyl sites for hydroxylation is 1. The maximum absolute atomic E-state index is 11.3. The van der Waals surface area contributed by atoms with Crippen molar-refractivity contribution in [2.45, 2.75) is 6.92 Å². The van der Waals surface area contributed by atoms with E-state index in [0.717, 1.165) is 11.3 Å². The lowest BCUT2D eigenvalue weighted by Gasteiger charge is -2.10. The average Bonchev–Trinajstić information content (AvgIpc) is 2.57. The molecule has 2 aromatic rings. The monoisotopic (exact) mass is 219 g/mol. The number of rotatable bonds is 1. The second-order valence-corrected chi connectivity index (χ2v) is 3.77. The Labute approximate surface area is 93.3 Å². The number of ether oxygens (including phenoxy) is 1. The normalized spacial score (nSPS) is 10.4. The van der Waals surface area contributed by atoms with E-state index in [1.165, 1.54) is 4.90 Å². The van der Waals surface area contributed by atoms with Crippen LogP contribution in [0.2, 0.25) is 0 Å². The second kappa shape index (κ2) is 3.84. The minimum absolute atomic E-state index is 0.396. The number of aromatic nitrogens is 2. The summed E-state index contributed by atoms with van der Waals surface area (Å²) in [6.07, 6.45) is 3.33. The van der Waals surface area contributed by atoms with Gasteiger partial charge in [-0.3, -0.25) is 0 Å². The molecular weight excluding hydrogens is 206 g/mol.